The molecule has 1 fully saturated rings. The predicted octanol–water partition coefficient (Wildman–Crippen LogP) is 5.20. The number of sulfonamides is 1. The van der Waals surface area contributed by atoms with E-state index >= 15 is 0 Å². The van der Waals surface area contributed by atoms with Gasteiger partial charge >= 0.3 is 0 Å². The SMILES string of the molecule is CC1CCN(S(=O)(=O)c2cccc(C(=O)CNc3nnc(SCc4ccccc4Cl)s3)c2)CC1. The van der Waals surface area contributed by atoms with Crippen molar-refractivity contribution in [1.29, 1.82) is 0 Å². The van der Waals surface area contributed by atoms with E-state index in [2.05, 4.69) is 22.4 Å². The second kappa shape index (κ2) is 11.2. The summed E-state index contributed by atoms with van der Waals surface area (Å²) in [5.74, 6) is 0.982. The Kier molecular flexibility index (Phi) is 8.26. The minimum Gasteiger partial charge on any atom is -0.353 e. The van der Waals surface area contributed by atoms with E-state index in [4.69, 9.17) is 11.6 Å². The number of thioether (sulfide) groups is 1. The van der Waals surface area contributed by atoms with Gasteiger partial charge in [0.2, 0.25) is 15.2 Å². The summed E-state index contributed by atoms with van der Waals surface area (Å²) in [6, 6.07) is 13.9. The Bertz CT molecular complexity index is 1260. The van der Waals surface area contributed by atoms with Gasteiger partial charge < -0.3 is 5.32 Å². The van der Waals surface area contributed by atoms with Gasteiger partial charge in [0.25, 0.3) is 0 Å². The zero-order valence-electron chi connectivity index (χ0n) is 18.6. The lowest BCUT2D eigenvalue weighted by Gasteiger charge is -2.29. The van der Waals surface area contributed by atoms with Crippen LogP contribution in [0.1, 0.15) is 35.7 Å². The van der Waals surface area contributed by atoms with Crippen molar-refractivity contribution in [3.63, 3.8) is 0 Å². The number of aromatic nitrogens is 2. The summed E-state index contributed by atoms with van der Waals surface area (Å²) in [5.41, 5.74) is 1.36. The number of nitrogens with zero attached hydrogens (tertiary/aromatic N) is 3. The molecule has 180 valence electrons. The van der Waals surface area contributed by atoms with E-state index < -0.39 is 10.0 Å². The van der Waals surface area contributed by atoms with E-state index in [0.717, 1.165) is 22.7 Å². The van der Waals surface area contributed by atoms with Gasteiger partial charge in [0.05, 0.1) is 11.4 Å². The number of Topliss-reactive ketones (excluding diaryl/α,β-unsaturated/α-hetero) is 1. The number of rotatable bonds is 9. The van der Waals surface area contributed by atoms with Gasteiger partial charge in [-0.25, -0.2) is 8.42 Å². The van der Waals surface area contributed by atoms with Gasteiger partial charge in [-0.05, 0) is 42.5 Å². The van der Waals surface area contributed by atoms with Gasteiger partial charge in [-0.2, -0.15) is 4.31 Å². The normalized spacial score (nSPS) is 15.4. The Hall–Kier alpha value is -1.98. The summed E-state index contributed by atoms with van der Waals surface area (Å²) in [5, 5.41) is 12.5. The fraction of sp³-hybridized carbons (Fsp3) is 0.348. The highest BCUT2D eigenvalue weighted by Crippen LogP contribution is 2.30. The van der Waals surface area contributed by atoms with Crippen LogP contribution in [0.4, 0.5) is 5.13 Å². The number of halogens is 1. The van der Waals surface area contributed by atoms with Gasteiger partial charge in [0, 0.05) is 29.4 Å². The van der Waals surface area contributed by atoms with Crippen molar-refractivity contribution in [2.45, 2.75) is 34.8 Å². The molecule has 1 aliphatic heterocycles. The lowest BCUT2D eigenvalue weighted by Crippen LogP contribution is -2.37. The summed E-state index contributed by atoms with van der Waals surface area (Å²) >= 11 is 9.07. The fourth-order valence-corrected chi connectivity index (χ4v) is 7.11. The second-order valence-electron chi connectivity index (χ2n) is 8.14. The summed E-state index contributed by atoms with van der Waals surface area (Å²) in [6.45, 7) is 3.15. The quantitative estimate of drug-likeness (QED) is 0.297. The molecule has 1 aliphatic rings. The van der Waals surface area contributed by atoms with Crippen LogP contribution in [0, 0.1) is 5.92 Å². The standard InChI is InChI=1S/C23H25ClN4O3S3/c1-16-9-11-28(12-10-16)34(30,31)19-7-4-6-17(13-19)21(29)14-25-22-26-27-23(33-22)32-15-18-5-2-3-8-20(18)24/h2-8,13,16H,9-12,14-15H2,1H3,(H,25,26). The molecule has 0 spiro atoms. The van der Waals surface area contributed by atoms with E-state index in [0.29, 0.717) is 40.5 Å². The Morgan fingerprint density at radius 2 is 1.94 bits per heavy atom. The minimum absolute atomic E-state index is 0.00541. The first-order valence-corrected chi connectivity index (χ1v) is 14.5. The highest BCUT2D eigenvalue weighted by atomic mass is 35.5. The van der Waals surface area contributed by atoms with E-state index in [-0.39, 0.29) is 17.2 Å². The molecule has 2 aromatic carbocycles. The molecular formula is C23H25ClN4O3S3. The topological polar surface area (TPSA) is 92.3 Å². The Labute approximate surface area is 213 Å². The molecule has 0 radical (unpaired) electrons. The predicted molar refractivity (Wildman–Crippen MR) is 137 cm³/mol. The molecule has 0 atom stereocenters. The van der Waals surface area contributed by atoms with Gasteiger partial charge in [-0.3, -0.25) is 4.79 Å². The number of carbonyl (C=O) groups excluding carboxylic acids is 1. The number of hydrogen-bond donors (Lipinski definition) is 1. The second-order valence-corrected chi connectivity index (χ2v) is 12.7. The van der Waals surface area contributed by atoms with Crippen LogP contribution in [0.15, 0.2) is 57.8 Å². The monoisotopic (exact) mass is 536 g/mol. The van der Waals surface area contributed by atoms with Crippen molar-refractivity contribution in [2.75, 3.05) is 25.0 Å². The maximum Gasteiger partial charge on any atom is 0.243 e. The van der Waals surface area contributed by atoms with Crippen molar-refractivity contribution >= 4 is 55.6 Å². The van der Waals surface area contributed by atoms with Crippen molar-refractivity contribution in [3.05, 3.63) is 64.7 Å². The molecule has 4 rings (SSSR count). The molecule has 0 aliphatic carbocycles. The molecule has 0 bridgehead atoms. The highest BCUT2D eigenvalue weighted by Gasteiger charge is 2.28. The van der Waals surface area contributed by atoms with Gasteiger partial charge in [0.1, 0.15) is 0 Å². The Balaban J connectivity index is 1.34. The highest BCUT2D eigenvalue weighted by molar-refractivity contribution is 8.00. The average Bonchev–Trinajstić information content (AvgIpc) is 3.30. The molecule has 2 heterocycles. The first-order valence-electron chi connectivity index (χ1n) is 10.9. The van der Waals surface area contributed by atoms with E-state index in [1.807, 2.05) is 24.3 Å². The molecular weight excluding hydrogens is 512 g/mol. The zero-order chi connectivity index (χ0) is 24.1. The smallest absolute Gasteiger partial charge is 0.243 e. The molecule has 3 aromatic rings. The molecule has 0 unspecified atom stereocenters. The van der Waals surface area contributed by atoms with Crippen LogP contribution in [-0.4, -0.2) is 48.3 Å². The third-order valence-corrected chi connectivity index (χ3v) is 9.98. The van der Waals surface area contributed by atoms with Crippen molar-refractivity contribution < 1.29 is 13.2 Å². The van der Waals surface area contributed by atoms with E-state index in [9.17, 15) is 13.2 Å². The fourth-order valence-electron chi connectivity index (χ4n) is 3.56. The lowest BCUT2D eigenvalue weighted by atomic mass is 10.0. The Morgan fingerprint density at radius 1 is 1.18 bits per heavy atom. The molecule has 1 saturated heterocycles. The van der Waals surface area contributed by atoms with Crippen molar-refractivity contribution in [2.24, 2.45) is 5.92 Å². The largest absolute Gasteiger partial charge is 0.353 e. The summed E-state index contributed by atoms with van der Waals surface area (Å²) in [7, 11) is -3.61. The molecule has 1 aromatic heterocycles. The number of benzene rings is 2. The molecule has 34 heavy (non-hydrogen) atoms. The van der Waals surface area contributed by atoms with Crippen molar-refractivity contribution in [1.82, 2.24) is 14.5 Å². The molecule has 7 nitrogen and oxygen atoms in total. The summed E-state index contributed by atoms with van der Waals surface area (Å²) in [4.78, 5) is 12.9. The van der Waals surface area contributed by atoms with Crippen LogP contribution in [0.5, 0.6) is 0 Å². The van der Waals surface area contributed by atoms with Crippen LogP contribution < -0.4 is 5.32 Å². The number of carbonyl (C=O) groups is 1. The molecule has 11 heteroatoms. The lowest BCUT2D eigenvalue weighted by molar-refractivity contribution is 0.101. The summed E-state index contributed by atoms with van der Waals surface area (Å²) in [6.07, 6.45) is 1.70. The van der Waals surface area contributed by atoms with Crippen LogP contribution >= 0.6 is 34.7 Å². The maximum absolute atomic E-state index is 13.0. The molecule has 0 amide bonds. The van der Waals surface area contributed by atoms with Crippen LogP contribution in [-0.2, 0) is 15.8 Å². The third-order valence-electron chi connectivity index (χ3n) is 5.65. The molecule has 1 N–H and O–H groups in total. The van der Waals surface area contributed by atoms with Crippen molar-refractivity contribution in [3.8, 4) is 0 Å². The van der Waals surface area contributed by atoms with E-state index in [1.165, 1.54) is 33.5 Å². The maximum atomic E-state index is 13.0. The summed E-state index contributed by atoms with van der Waals surface area (Å²) < 4.78 is 28.3. The van der Waals surface area contributed by atoms with Gasteiger partial charge in [0.15, 0.2) is 10.1 Å². The van der Waals surface area contributed by atoms with E-state index in [1.54, 1.807) is 18.2 Å². The number of anilines is 1. The number of ketones is 1. The average molecular weight is 537 g/mol. The first kappa shape index (κ1) is 25.1. The van der Waals surface area contributed by atoms with Gasteiger partial charge in [-0.1, -0.05) is 72.0 Å². The van der Waals surface area contributed by atoms with Crippen LogP contribution in [0.3, 0.4) is 0 Å². The van der Waals surface area contributed by atoms with Crippen LogP contribution in [0.2, 0.25) is 5.02 Å². The third kappa shape index (κ3) is 6.17. The minimum atomic E-state index is -3.61. The number of nitrogens with one attached hydrogen (secondary N) is 1. The number of piperidine rings is 1. The Morgan fingerprint density at radius 3 is 2.71 bits per heavy atom. The number of hydrogen-bond acceptors (Lipinski definition) is 8. The van der Waals surface area contributed by atoms with Gasteiger partial charge in [-0.15, -0.1) is 10.2 Å². The zero-order valence-corrected chi connectivity index (χ0v) is 21.8. The van der Waals surface area contributed by atoms with Crippen LogP contribution in [0.25, 0.3) is 0 Å². The first-order chi connectivity index (χ1) is 16.3. The molecule has 0 saturated carbocycles.